The zero-order chi connectivity index (χ0) is 13.1. The van der Waals surface area contributed by atoms with Gasteiger partial charge in [0.25, 0.3) is 0 Å². The van der Waals surface area contributed by atoms with Crippen molar-refractivity contribution < 1.29 is 4.79 Å². The van der Waals surface area contributed by atoms with Gasteiger partial charge in [-0.3, -0.25) is 4.79 Å². The molecular weight excluding hydrogens is 238 g/mol. The highest BCUT2D eigenvalue weighted by atomic mass is 16.2. The highest BCUT2D eigenvalue weighted by Crippen LogP contribution is 2.15. The van der Waals surface area contributed by atoms with Crippen LogP contribution in [0.1, 0.15) is 0 Å². The van der Waals surface area contributed by atoms with Crippen molar-refractivity contribution >= 4 is 22.6 Å². The quantitative estimate of drug-likeness (QED) is 0.778. The van der Waals surface area contributed by atoms with E-state index < -0.39 is 0 Å². The van der Waals surface area contributed by atoms with E-state index in [2.05, 4.69) is 10.3 Å². The smallest absolute Gasteiger partial charge is 0.245 e. The molecule has 0 aliphatic heterocycles. The number of benzene rings is 1. The number of anilines is 1. The zero-order valence-corrected chi connectivity index (χ0v) is 10.3. The van der Waals surface area contributed by atoms with Crippen LogP contribution in [-0.2, 0) is 11.3 Å². The van der Waals surface area contributed by atoms with E-state index in [1.807, 2.05) is 53.2 Å². The van der Waals surface area contributed by atoms with Crippen molar-refractivity contribution in [2.75, 3.05) is 5.32 Å². The number of carbonyl (C=O) groups is 1. The molecule has 0 saturated carbocycles. The minimum Gasteiger partial charge on any atom is -0.338 e. The number of rotatable bonds is 3. The van der Waals surface area contributed by atoms with Gasteiger partial charge in [0.05, 0.1) is 0 Å². The lowest BCUT2D eigenvalue weighted by Crippen LogP contribution is -2.18. The molecule has 3 rings (SSSR count). The van der Waals surface area contributed by atoms with Crippen LogP contribution in [0.2, 0.25) is 0 Å². The number of hydrogen-bond donors (Lipinski definition) is 1. The summed E-state index contributed by atoms with van der Waals surface area (Å²) in [4.78, 5) is 16.0. The van der Waals surface area contributed by atoms with Crippen molar-refractivity contribution in [3.05, 3.63) is 60.9 Å². The Balaban J connectivity index is 1.76. The third-order valence-electron chi connectivity index (χ3n) is 2.93. The summed E-state index contributed by atoms with van der Waals surface area (Å²) in [5, 5.41) is 3.91. The van der Waals surface area contributed by atoms with Crippen LogP contribution in [-0.4, -0.2) is 15.5 Å². The molecule has 0 unspecified atom stereocenters. The lowest BCUT2D eigenvalue weighted by Gasteiger charge is -2.06. The molecule has 0 aliphatic carbocycles. The second kappa shape index (κ2) is 4.94. The van der Waals surface area contributed by atoms with E-state index in [-0.39, 0.29) is 12.5 Å². The van der Waals surface area contributed by atoms with E-state index >= 15 is 0 Å². The number of hydrogen-bond acceptors (Lipinski definition) is 2. The summed E-state index contributed by atoms with van der Waals surface area (Å²) in [7, 11) is 0. The Hall–Kier alpha value is -2.62. The van der Waals surface area contributed by atoms with Gasteiger partial charge in [0.15, 0.2) is 0 Å². The van der Waals surface area contributed by atoms with Crippen LogP contribution in [0.25, 0.3) is 10.9 Å². The molecule has 0 fully saturated rings. The summed E-state index contributed by atoms with van der Waals surface area (Å²) in [6.45, 7) is 0.282. The molecule has 0 aliphatic rings. The minimum atomic E-state index is -0.0833. The number of aromatic nitrogens is 2. The average molecular weight is 251 g/mol. The van der Waals surface area contributed by atoms with Gasteiger partial charge in [-0.15, -0.1) is 0 Å². The molecule has 0 saturated heterocycles. The van der Waals surface area contributed by atoms with E-state index in [1.54, 1.807) is 12.3 Å². The van der Waals surface area contributed by atoms with Crippen LogP contribution >= 0.6 is 0 Å². The largest absolute Gasteiger partial charge is 0.338 e. The van der Waals surface area contributed by atoms with Crippen LogP contribution < -0.4 is 5.32 Å². The SMILES string of the molecule is O=C(Cn1ccc2ccccc21)Nc1ccccn1. The van der Waals surface area contributed by atoms with Gasteiger partial charge in [0.2, 0.25) is 5.91 Å². The molecule has 1 aromatic carbocycles. The number of fused-ring (bicyclic) bond motifs is 1. The molecule has 0 atom stereocenters. The van der Waals surface area contributed by atoms with Crippen molar-refractivity contribution in [3.63, 3.8) is 0 Å². The predicted molar refractivity (Wildman–Crippen MR) is 74.8 cm³/mol. The molecule has 0 bridgehead atoms. The van der Waals surface area contributed by atoms with Crippen molar-refractivity contribution in [2.45, 2.75) is 6.54 Å². The number of amides is 1. The molecule has 19 heavy (non-hydrogen) atoms. The summed E-state index contributed by atoms with van der Waals surface area (Å²) in [5.41, 5.74) is 1.05. The molecule has 4 heteroatoms. The fourth-order valence-corrected chi connectivity index (χ4v) is 2.05. The van der Waals surface area contributed by atoms with Crippen LogP contribution in [0.5, 0.6) is 0 Å². The highest BCUT2D eigenvalue weighted by molar-refractivity contribution is 5.91. The number of nitrogens with one attached hydrogen (secondary N) is 1. The first-order valence-electron chi connectivity index (χ1n) is 6.08. The van der Waals surface area contributed by atoms with Crippen LogP contribution in [0.15, 0.2) is 60.9 Å². The van der Waals surface area contributed by atoms with Crippen molar-refractivity contribution in [1.29, 1.82) is 0 Å². The van der Waals surface area contributed by atoms with Crippen LogP contribution in [0, 0.1) is 0 Å². The van der Waals surface area contributed by atoms with Gasteiger partial charge in [0.1, 0.15) is 12.4 Å². The molecule has 2 heterocycles. The van der Waals surface area contributed by atoms with E-state index in [9.17, 15) is 4.79 Å². The topological polar surface area (TPSA) is 46.9 Å². The molecule has 0 spiro atoms. The standard InChI is InChI=1S/C15H13N3O/c19-15(17-14-7-3-4-9-16-14)11-18-10-8-12-5-1-2-6-13(12)18/h1-10H,11H2,(H,16,17,19). The molecular formula is C15H13N3O. The lowest BCUT2D eigenvalue weighted by atomic mass is 10.2. The number of carbonyl (C=O) groups excluding carboxylic acids is 1. The highest BCUT2D eigenvalue weighted by Gasteiger charge is 2.06. The first kappa shape index (κ1) is 11.5. The van der Waals surface area contributed by atoms with Gasteiger partial charge in [-0.1, -0.05) is 24.3 Å². The Labute approximate surface area is 110 Å². The number of nitrogens with zero attached hydrogens (tertiary/aromatic N) is 2. The second-order valence-electron chi connectivity index (χ2n) is 4.27. The molecule has 94 valence electrons. The first-order chi connectivity index (χ1) is 9.33. The normalized spacial score (nSPS) is 10.5. The van der Waals surface area contributed by atoms with Crippen molar-refractivity contribution in [2.24, 2.45) is 0 Å². The Morgan fingerprint density at radius 3 is 2.79 bits per heavy atom. The predicted octanol–water partition coefficient (Wildman–Crippen LogP) is 2.68. The molecule has 1 N–H and O–H groups in total. The zero-order valence-electron chi connectivity index (χ0n) is 10.3. The molecule has 0 radical (unpaired) electrons. The molecule has 3 aromatic rings. The number of pyridine rings is 1. The second-order valence-corrected chi connectivity index (χ2v) is 4.27. The summed E-state index contributed by atoms with van der Waals surface area (Å²) in [6, 6.07) is 15.4. The first-order valence-corrected chi connectivity index (χ1v) is 6.08. The van der Waals surface area contributed by atoms with Gasteiger partial charge in [-0.05, 0) is 29.7 Å². The maximum Gasteiger partial charge on any atom is 0.245 e. The van der Waals surface area contributed by atoms with Crippen LogP contribution in [0.3, 0.4) is 0 Å². The molecule has 2 aromatic heterocycles. The molecule has 1 amide bonds. The Morgan fingerprint density at radius 2 is 1.95 bits per heavy atom. The van der Waals surface area contributed by atoms with Crippen molar-refractivity contribution in [1.82, 2.24) is 9.55 Å². The van der Waals surface area contributed by atoms with E-state index in [0.29, 0.717) is 5.82 Å². The minimum absolute atomic E-state index is 0.0833. The fourth-order valence-electron chi connectivity index (χ4n) is 2.05. The van der Waals surface area contributed by atoms with Gasteiger partial charge in [-0.25, -0.2) is 4.98 Å². The van der Waals surface area contributed by atoms with Crippen molar-refractivity contribution in [3.8, 4) is 0 Å². The monoisotopic (exact) mass is 251 g/mol. The maximum atomic E-state index is 12.0. The summed E-state index contributed by atoms with van der Waals surface area (Å²) < 4.78 is 1.92. The Bertz CT molecular complexity index is 703. The van der Waals surface area contributed by atoms with Crippen LogP contribution in [0.4, 0.5) is 5.82 Å². The van der Waals surface area contributed by atoms with Gasteiger partial charge in [0, 0.05) is 17.9 Å². The van der Waals surface area contributed by atoms with Gasteiger partial charge < -0.3 is 9.88 Å². The lowest BCUT2D eigenvalue weighted by molar-refractivity contribution is -0.116. The Morgan fingerprint density at radius 1 is 1.11 bits per heavy atom. The summed E-state index contributed by atoms with van der Waals surface area (Å²) in [5.74, 6) is 0.490. The third-order valence-corrected chi connectivity index (χ3v) is 2.93. The number of para-hydroxylation sites is 1. The van der Waals surface area contributed by atoms with Gasteiger partial charge in [-0.2, -0.15) is 0 Å². The average Bonchev–Trinajstić information content (AvgIpc) is 2.83. The van der Waals surface area contributed by atoms with E-state index in [4.69, 9.17) is 0 Å². The third kappa shape index (κ3) is 2.47. The summed E-state index contributed by atoms with van der Waals surface area (Å²) >= 11 is 0. The Kier molecular flexibility index (Phi) is 2.98. The fraction of sp³-hybridized carbons (Fsp3) is 0.0667. The maximum absolute atomic E-state index is 12.0. The summed E-state index contributed by atoms with van der Waals surface area (Å²) in [6.07, 6.45) is 3.57. The van der Waals surface area contributed by atoms with E-state index in [1.165, 1.54) is 0 Å². The molecule has 4 nitrogen and oxygen atoms in total. The van der Waals surface area contributed by atoms with E-state index in [0.717, 1.165) is 10.9 Å². The van der Waals surface area contributed by atoms with Gasteiger partial charge >= 0.3 is 0 Å².